The molecule has 1 aromatic heterocycles. The number of aryl methyl sites for hydroxylation is 1. The maximum atomic E-state index is 11.1. The summed E-state index contributed by atoms with van der Waals surface area (Å²) in [4.78, 5) is 12.9. The number of nitrogens with zero attached hydrogens (tertiary/aromatic N) is 3. The molecule has 0 spiro atoms. The van der Waals surface area contributed by atoms with E-state index in [1.54, 1.807) is 17.9 Å². The predicted molar refractivity (Wildman–Crippen MR) is 58.1 cm³/mol. The first-order chi connectivity index (χ1) is 7.65. The van der Waals surface area contributed by atoms with E-state index >= 15 is 0 Å². The molecule has 0 saturated carbocycles. The van der Waals surface area contributed by atoms with Gasteiger partial charge in [0.1, 0.15) is 6.10 Å². The number of carbonyl (C=O) groups excluding carboxylic acids is 1. The number of ether oxygens (including phenoxy) is 1. The van der Waals surface area contributed by atoms with Gasteiger partial charge in [0.05, 0.1) is 12.2 Å². The Bertz CT molecular complexity index is 377. The Morgan fingerprint density at radius 1 is 1.50 bits per heavy atom. The molecule has 2 heterocycles. The number of rotatable bonds is 2. The molecule has 1 aromatic rings. The Hall–Kier alpha value is -1.65. The van der Waals surface area contributed by atoms with Crippen molar-refractivity contribution in [1.29, 1.82) is 0 Å². The number of likely N-dealkylation sites (tertiary alicyclic amines) is 1. The number of hydrogen-bond donors (Lipinski definition) is 0. The van der Waals surface area contributed by atoms with Gasteiger partial charge in [-0.15, -0.1) is 5.10 Å². The van der Waals surface area contributed by atoms with Crippen LogP contribution in [0.25, 0.3) is 0 Å². The summed E-state index contributed by atoms with van der Waals surface area (Å²) in [5, 5.41) is 7.86. The highest BCUT2D eigenvalue weighted by Crippen LogP contribution is 2.15. The summed E-state index contributed by atoms with van der Waals surface area (Å²) in [6.07, 6.45) is 0.899. The lowest BCUT2D eigenvalue weighted by molar-refractivity contribution is -0.128. The summed E-state index contributed by atoms with van der Waals surface area (Å²) in [6, 6.07) is 3.67. The van der Waals surface area contributed by atoms with E-state index in [9.17, 15) is 4.79 Å². The van der Waals surface area contributed by atoms with Gasteiger partial charge in [0.25, 0.3) is 0 Å². The van der Waals surface area contributed by atoms with Crippen LogP contribution < -0.4 is 4.74 Å². The highest BCUT2D eigenvalue weighted by atomic mass is 16.5. The van der Waals surface area contributed by atoms with E-state index in [1.165, 1.54) is 0 Å². The minimum atomic E-state index is 0.0425. The summed E-state index contributed by atoms with van der Waals surface area (Å²) in [7, 11) is 0. The molecule has 86 valence electrons. The molecule has 1 fully saturated rings. The average molecular weight is 221 g/mol. The highest BCUT2D eigenvalue weighted by Gasteiger charge is 2.25. The minimum Gasteiger partial charge on any atom is -0.471 e. The summed E-state index contributed by atoms with van der Waals surface area (Å²) >= 11 is 0. The molecule has 0 aliphatic carbocycles. The second-order valence-electron chi connectivity index (χ2n) is 4.01. The third-order valence-corrected chi connectivity index (χ3v) is 2.65. The van der Waals surface area contributed by atoms with Gasteiger partial charge in [0.2, 0.25) is 11.8 Å². The monoisotopic (exact) mass is 221 g/mol. The fourth-order valence-corrected chi connectivity index (χ4v) is 1.73. The second kappa shape index (κ2) is 4.47. The van der Waals surface area contributed by atoms with Crippen LogP contribution in [0.3, 0.4) is 0 Å². The molecule has 1 aliphatic rings. The van der Waals surface area contributed by atoms with Crippen molar-refractivity contribution in [3.8, 4) is 5.88 Å². The SMILES string of the molecule is CC(=O)N1CCC(Oc2ccc(C)nn2)C1. The molecule has 1 aliphatic heterocycles. The molecular formula is C11H15N3O2. The summed E-state index contributed by atoms with van der Waals surface area (Å²) in [5.41, 5.74) is 0.865. The van der Waals surface area contributed by atoms with Gasteiger partial charge >= 0.3 is 0 Å². The van der Waals surface area contributed by atoms with Crippen LogP contribution in [0.4, 0.5) is 0 Å². The van der Waals surface area contributed by atoms with Crippen molar-refractivity contribution in [1.82, 2.24) is 15.1 Å². The Labute approximate surface area is 94.4 Å². The molecule has 16 heavy (non-hydrogen) atoms. The summed E-state index contributed by atoms with van der Waals surface area (Å²) in [6.45, 7) is 4.86. The van der Waals surface area contributed by atoms with Crippen molar-refractivity contribution in [2.24, 2.45) is 0 Å². The van der Waals surface area contributed by atoms with E-state index in [0.717, 1.165) is 18.7 Å². The largest absolute Gasteiger partial charge is 0.471 e. The normalized spacial score (nSPS) is 19.9. The Morgan fingerprint density at radius 2 is 2.31 bits per heavy atom. The molecular weight excluding hydrogens is 206 g/mol. The van der Waals surface area contributed by atoms with Crippen molar-refractivity contribution < 1.29 is 9.53 Å². The van der Waals surface area contributed by atoms with Crippen LogP contribution in [0.5, 0.6) is 5.88 Å². The molecule has 0 N–H and O–H groups in total. The maximum absolute atomic E-state index is 11.1. The van der Waals surface area contributed by atoms with E-state index in [2.05, 4.69) is 10.2 Å². The Balaban J connectivity index is 1.92. The first-order valence-corrected chi connectivity index (χ1v) is 5.37. The maximum Gasteiger partial charge on any atom is 0.233 e. The number of carbonyl (C=O) groups is 1. The topological polar surface area (TPSA) is 55.3 Å². The molecule has 0 radical (unpaired) electrons. The quantitative estimate of drug-likeness (QED) is 0.740. The molecule has 1 saturated heterocycles. The van der Waals surface area contributed by atoms with Gasteiger partial charge in [-0.2, -0.15) is 5.10 Å². The van der Waals surface area contributed by atoms with Gasteiger partial charge in [-0.3, -0.25) is 4.79 Å². The second-order valence-corrected chi connectivity index (χ2v) is 4.01. The first kappa shape index (κ1) is 10.9. The predicted octanol–water partition coefficient (Wildman–Crippen LogP) is 0.785. The van der Waals surface area contributed by atoms with Crippen LogP contribution in [0, 0.1) is 6.92 Å². The van der Waals surface area contributed by atoms with Gasteiger partial charge in [0.15, 0.2) is 0 Å². The minimum absolute atomic E-state index is 0.0425. The third kappa shape index (κ3) is 2.48. The molecule has 0 aromatic carbocycles. The number of hydrogen-bond acceptors (Lipinski definition) is 4. The molecule has 1 atom stereocenters. The van der Waals surface area contributed by atoms with Crippen molar-refractivity contribution in [2.75, 3.05) is 13.1 Å². The molecule has 1 unspecified atom stereocenters. The fourth-order valence-electron chi connectivity index (χ4n) is 1.73. The van der Waals surface area contributed by atoms with Crippen LogP contribution in [0.15, 0.2) is 12.1 Å². The zero-order valence-electron chi connectivity index (χ0n) is 9.51. The molecule has 2 rings (SSSR count). The first-order valence-electron chi connectivity index (χ1n) is 5.37. The van der Waals surface area contributed by atoms with Crippen LogP contribution >= 0.6 is 0 Å². The lowest BCUT2D eigenvalue weighted by atomic mass is 10.3. The van der Waals surface area contributed by atoms with E-state index in [0.29, 0.717) is 12.4 Å². The third-order valence-electron chi connectivity index (χ3n) is 2.65. The van der Waals surface area contributed by atoms with Gasteiger partial charge in [0, 0.05) is 26.0 Å². The van der Waals surface area contributed by atoms with Crippen molar-refractivity contribution in [3.05, 3.63) is 17.8 Å². The molecule has 5 heteroatoms. The number of amides is 1. The van der Waals surface area contributed by atoms with Crippen LogP contribution in [0.2, 0.25) is 0 Å². The van der Waals surface area contributed by atoms with Gasteiger partial charge in [-0.25, -0.2) is 0 Å². The average Bonchev–Trinajstić information content (AvgIpc) is 2.70. The number of aromatic nitrogens is 2. The van der Waals surface area contributed by atoms with E-state index in [1.807, 2.05) is 13.0 Å². The fraction of sp³-hybridized carbons (Fsp3) is 0.545. The summed E-state index contributed by atoms with van der Waals surface area (Å²) < 4.78 is 5.64. The smallest absolute Gasteiger partial charge is 0.233 e. The summed E-state index contributed by atoms with van der Waals surface area (Å²) in [5.74, 6) is 0.627. The van der Waals surface area contributed by atoms with Gasteiger partial charge in [-0.1, -0.05) is 0 Å². The van der Waals surface area contributed by atoms with E-state index < -0.39 is 0 Å². The van der Waals surface area contributed by atoms with Crippen molar-refractivity contribution in [2.45, 2.75) is 26.4 Å². The van der Waals surface area contributed by atoms with Crippen LogP contribution in [-0.2, 0) is 4.79 Å². The Kier molecular flexibility index (Phi) is 3.03. The lowest BCUT2D eigenvalue weighted by Gasteiger charge is -2.14. The van der Waals surface area contributed by atoms with Crippen molar-refractivity contribution in [3.63, 3.8) is 0 Å². The van der Waals surface area contributed by atoms with Gasteiger partial charge < -0.3 is 9.64 Å². The van der Waals surface area contributed by atoms with E-state index in [4.69, 9.17) is 4.74 Å². The highest BCUT2D eigenvalue weighted by molar-refractivity contribution is 5.73. The molecule has 0 bridgehead atoms. The standard InChI is InChI=1S/C11H15N3O2/c1-8-3-4-11(13-12-8)16-10-5-6-14(7-10)9(2)15/h3-4,10H,5-7H2,1-2H3. The van der Waals surface area contributed by atoms with Crippen LogP contribution in [0.1, 0.15) is 19.0 Å². The molecule has 1 amide bonds. The van der Waals surface area contributed by atoms with Crippen LogP contribution in [-0.4, -0.2) is 40.2 Å². The zero-order valence-corrected chi connectivity index (χ0v) is 9.51. The van der Waals surface area contributed by atoms with Crippen molar-refractivity contribution >= 4 is 5.91 Å². The van der Waals surface area contributed by atoms with E-state index in [-0.39, 0.29) is 12.0 Å². The molecule has 5 nitrogen and oxygen atoms in total. The Morgan fingerprint density at radius 3 is 2.88 bits per heavy atom. The zero-order chi connectivity index (χ0) is 11.5. The van der Waals surface area contributed by atoms with Gasteiger partial charge in [-0.05, 0) is 13.0 Å². The lowest BCUT2D eigenvalue weighted by Crippen LogP contribution is -2.28.